The summed E-state index contributed by atoms with van der Waals surface area (Å²) >= 11 is 0. The van der Waals surface area contributed by atoms with E-state index >= 15 is 0 Å². The summed E-state index contributed by atoms with van der Waals surface area (Å²) in [7, 11) is 0. The SMILES string of the molecule is CCCCCCNC1C(NCCCCCC)C(NCCCCCC)C2C3NC4NC(NC5NC(NC6NC(NC(N3)C2C1NCCCCCC)C1CCCCC61)C1CCCCC51)C1CCCCC41. The van der Waals surface area contributed by atoms with Gasteiger partial charge in [-0.3, -0.25) is 42.5 Å². The topological polar surface area (TPSA) is 144 Å². The van der Waals surface area contributed by atoms with E-state index in [4.69, 9.17) is 0 Å². The summed E-state index contributed by atoms with van der Waals surface area (Å²) < 4.78 is 0. The molecular weight excluding hydrogens is 841 g/mol. The van der Waals surface area contributed by atoms with Crippen molar-refractivity contribution in [3.63, 3.8) is 0 Å². The first-order chi connectivity index (χ1) is 33.6. The summed E-state index contributed by atoms with van der Waals surface area (Å²) in [5.41, 5.74) is 0. The van der Waals surface area contributed by atoms with Crippen molar-refractivity contribution in [1.82, 2.24) is 63.8 Å². The maximum Gasteiger partial charge on any atom is 0.0644 e. The average molecular weight is 950 g/mol. The van der Waals surface area contributed by atoms with Gasteiger partial charge in [0.05, 0.1) is 49.3 Å². The Balaban J connectivity index is 1.09. The van der Waals surface area contributed by atoms with Crippen LogP contribution < -0.4 is 63.8 Å². The van der Waals surface area contributed by atoms with Crippen molar-refractivity contribution in [3.05, 3.63) is 0 Å². The Hall–Kier alpha value is -0.480. The third-order valence-electron chi connectivity index (χ3n) is 19.9. The van der Waals surface area contributed by atoms with Crippen LogP contribution in [0, 0.1) is 47.3 Å². The maximum absolute atomic E-state index is 4.58. The molecule has 8 bridgehead atoms. The molecule has 5 aliphatic heterocycles. The second-order valence-electron chi connectivity index (χ2n) is 24.3. The van der Waals surface area contributed by atoms with Crippen molar-refractivity contribution < 1.29 is 0 Å². The summed E-state index contributed by atoms with van der Waals surface area (Å²) in [5.74, 6) is 4.81. The molecule has 4 aliphatic carbocycles. The number of hydrogen-bond donors (Lipinski definition) is 12. The standard InChI is InChI=1S/C56H108N12/c1-5-9-13-23-33-57-45-43-44(46(58-34-24-14-10-6-2)48(60-36-26-16-12-8-4)47(45)59-35-25-15-11-7-3)56-67-54-42-32-22-20-30-40(42)52(65-54)63-50-38-28-18-17-27-37(38)49(61-50)62-51-39-29-19-21-31-41(39)53(64-51)66-55(43)68-56/h37-68H,5-36H2,1-4H3. The Morgan fingerprint density at radius 2 is 0.485 bits per heavy atom. The molecule has 5 saturated heterocycles. The molecule has 4 saturated carbocycles. The molecule has 0 spiro atoms. The van der Waals surface area contributed by atoms with Crippen LogP contribution in [0.5, 0.6) is 0 Å². The quantitative estimate of drug-likeness (QED) is 0.0446. The van der Waals surface area contributed by atoms with E-state index in [-0.39, 0.29) is 24.7 Å². The lowest BCUT2D eigenvalue weighted by atomic mass is 9.67. The highest BCUT2D eigenvalue weighted by Gasteiger charge is 2.61. The van der Waals surface area contributed by atoms with Gasteiger partial charge in [0.2, 0.25) is 0 Å². The molecule has 5 heterocycles. The van der Waals surface area contributed by atoms with Crippen LogP contribution in [-0.4, -0.2) is 99.7 Å². The van der Waals surface area contributed by atoms with Gasteiger partial charge < -0.3 is 21.3 Å². The Labute approximate surface area is 416 Å². The fourth-order valence-corrected chi connectivity index (χ4v) is 16.5. The molecule has 12 heteroatoms. The average Bonchev–Trinajstić information content (AvgIpc) is 4.10. The van der Waals surface area contributed by atoms with E-state index in [9.17, 15) is 0 Å². The summed E-state index contributed by atoms with van der Waals surface area (Å²) in [5, 5.41) is 53.3. The molecule has 9 aliphatic rings. The van der Waals surface area contributed by atoms with Crippen LogP contribution in [0.25, 0.3) is 0 Å². The second kappa shape index (κ2) is 26.6. The van der Waals surface area contributed by atoms with Crippen LogP contribution in [0.2, 0.25) is 0 Å². The maximum atomic E-state index is 4.58. The van der Waals surface area contributed by atoms with Crippen LogP contribution in [0.15, 0.2) is 0 Å². The van der Waals surface area contributed by atoms with Gasteiger partial charge in [-0.15, -0.1) is 0 Å². The Morgan fingerprint density at radius 1 is 0.265 bits per heavy atom. The molecule has 9 rings (SSSR count). The molecule has 20 unspecified atom stereocenters. The highest BCUT2D eigenvalue weighted by Crippen LogP contribution is 2.46. The summed E-state index contributed by atoms with van der Waals surface area (Å²) in [4.78, 5) is 0. The zero-order valence-electron chi connectivity index (χ0n) is 44.2. The number of fused-ring (bicyclic) bond motifs is 20. The predicted octanol–water partition coefficient (Wildman–Crippen LogP) is 7.20. The molecule has 12 N–H and O–H groups in total. The summed E-state index contributed by atoms with van der Waals surface area (Å²) in [6, 6.07) is 1.35. The van der Waals surface area contributed by atoms with Crippen molar-refractivity contribution in [3.8, 4) is 0 Å². The van der Waals surface area contributed by atoms with Crippen molar-refractivity contribution in [2.75, 3.05) is 26.2 Å². The molecule has 9 fully saturated rings. The first-order valence-electron chi connectivity index (χ1n) is 30.6. The molecule has 0 aromatic carbocycles. The number of unbranched alkanes of at least 4 members (excludes halogenated alkanes) is 12. The molecule has 68 heavy (non-hydrogen) atoms. The van der Waals surface area contributed by atoms with Gasteiger partial charge in [-0.05, 0) is 126 Å². The fraction of sp³-hybridized carbons (Fsp3) is 1.00. The molecular formula is C56H108N12. The van der Waals surface area contributed by atoms with Crippen molar-refractivity contribution in [2.24, 2.45) is 47.3 Å². The largest absolute Gasteiger partial charge is 0.312 e. The lowest BCUT2D eigenvalue weighted by Gasteiger charge is -2.53. The van der Waals surface area contributed by atoms with E-state index in [1.807, 2.05) is 0 Å². The van der Waals surface area contributed by atoms with E-state index in [2.05, 4.69) is 91.5 Å². The highest BCUT2D eigenvalue weighted by atomic mass is 15.4. The molecule has 0 radical (unpaired) electrons. The van der Waals surface area contributed by atoms with Gasteiger partial charge in [0.25, 0.3) is 0 Å². The first kappa shape index (κ1) is 52.4. The van der Waals surface area contributed by atoms with Crippen molar-refractivity contribution >= 4 is 0 Å². The summed E-state index contributed by atoms with van der Waals surface area (Å²) in [6.45, 7) is 13.8. The third-order valence-corrected chi connectivity index (χ3v) is 19.9. The zero-order chi connectivity index (χ0) is 46.7. The van der Waals surface area contributed by atoms with Crippen LogP contribution in [0.3, 0.4) is 0 Å². The Kier molecular flexibility index (Phi) is 20.5. The van der Waals surface area contributed by atoms with Crippen LogP contribution in [0.4, 0.5) is 0 Å². The van der Waals surface area contributed by atoms with Gasteiger partial charge in [-0.2, -0.15) is 0 Å². The normalized spacial score (nSPS) is 43.2. The van der Waals surface area contributed by atoms with E-state index in [0.717, 1.165) is 26.2 Å². The van der Waals surface area contributed by atoms with Gasteiger partial charge in [-0.1, -0.05) is 143 Å². The van der Waals surface area contributed by atoms with Crippen LogP contribution in [-0.2, 0) is 0 Å². The monoisotopic (exact) mass is 949 g/mol. The van der Waals surface area contributed by atoms with E-state index in [0.29, 0.717) is 96.2 Å². The van der Waals surface area contributed by atoms with Gasteiger partial charge in [-0.25, -0.2) is 0 Å². The van der Waals surface area contributed by atoms with Gasteiger partial charge in [0.1, 0.15) is 0 Å². The molecule has 0 aromatic rings. The highest BCUT2D eigenvalue weighted by molar-refractivity contribution is 5.18. The lowest BCUT2D eigenvalue weighted by molar-refractivity contribution is 0.0548. The Bertz CT molecular complexity index is 1340. The molecule has 0 amide bonds. The minimum Gasteiger partial charge on any atom is -0.312 e. The van der Waals surface area contributed by atoms with Crippen LogP contribution >= 0.6 is 0 Å². The third kappa shape index (κ3) is 12.4. The van der Waals surface area contributed by atoms with Gasteiger partial charge in [0, 0.05) is 36.0 Å². The second-order valence-corrected chi connectivity index (χ2v) is 24.3. The van der Waals surface area contributed by atoms with Crippen LogP contribution in [0.1, 0.15) is 207 Å². The van der Waals surface area contributed by atoms with E-state index in [1.165, 1.54) is 180 Å². The van der Waals surface area contributed by atoms with Gasteiger partial charge >= 0.3 is 0 Å². The van der Waals surface area contributed by atoms with E-state index < -0.39 is 0 Å². The molecule has 12 nitrogen and oxygen atoms in total. The molecule has 20 atom stereocenters. The van der Waals surface area contributed by atoms with E-state index in [1.54, 1.807) is 0 Å². The zero-order valence-corrected chi connectivity index (χ0v) is 44.2. The van der Waals surface area contributed by atoms with Gasteiger partial charge in [0.15, 0.2) is 0 Å². The fourth-order valence-electron chi connectivity index (χ4n) is 16.5. The Morgan fingerprint density at radius 3 is 0.735 bits per heavy atom. The lowest BCUT2D eigenvalue weighted by Crippen LogP contribution is -2.75. The minimum atomic E-state index is 0.186. The number of hydrogen-bond acceptors (Lipinski definition) is 12. The molecule has 392 valence electrons. The molecule has 0 aromatic heterocycles. The predicted molar refractivity (Wildman–Crippen MR) is 282 cm³/mol. The number of rotatable bonds is 24. The summed E-state index contributed by atoms with van der Waals surface area (Å²) in [6.07, 6.45) is 39.4. The van der Waals surface area contributed by atoms with Crippen molar-refractivity contribution in [2.45, 2.75) is 281 Å². The number of nitrogens with one attached hydrogen (secondary N) is 12. The van der Waals surface area contributed by atoms with Crippen molar-refractivity contribution in [1.29, 1.82) is 0 Å². The minimum absolute atomic E-state index is 0.186. The first-order valence-corrected chi connectivity index (χ1v) is 30.6. The smallest absolute Gasteiger partial charge is 0.0644 e.